The highest BCUT2D eigenvalue weighted by molar-refractivity contribution is 7.15. The predicted octanol–water partition coefficient (Wildman–Crippen LogP) is 3.11. The molecule has 2 aromatic carbocycles. The summed E-state index contributed by atoms with van der Waals surface area (Å²) in [6, 6.07) is 12.7. The van der Waals surface area contributed by atoms with E-state index in [1.165, 1.54) is 23.5 Å². The van der Waals surface area contributed by atoms with Crippen molar-refractivity contribution in [1.29, 1.82) is 0 Å². The Hall–Kier alpha value is -3.39. The lowest BCUT2D eigenvalue weighted by atomic mass is 10.1. The van der Waals surface area contributed by atoms with Gasteiger partial charge in [-0.15, -0.1) is 11.3 Å². The molecule has 1 aliphatic heterocycles. The normalized spacial score (nSPS) is 13.0. The first-order chi connectivity index (χ1) is 13.5. The van der Waals surface area contributed by atoms with Gasteiger partial charge >= 0.3 is 0 Å². The monoisotopic (exact) mass is 395 g/mol. The lowest BCUT2D eigenvalue weighted by Gasteiger charge is -2.12. The maximum absolute atomic E-state index is 13.3. The smallest absolute Gasteiger partial charge is 0.262 e. The van der Waals surface area contributed by atoms with Gasteiger partial charge in [-0.1, -0.05) is 24.3 Å². The van der Waals surface area contributed by atoms with Crippen molar-refractivity contribution in [3.8, 4) is 0 Å². The lowest BCUT2D eigenvalue weighted by Crippen LogP contribution is -2.37. The first kappa shape index (κ1) is 18.0. The van der Waals surface area contributed by atoms with Crippen LogP contribution in [0.3, 0.4) is 0 Å². The van der Waals surface area contributed by atoms with Crippen LogP contribution in [0.2, 0.25) is 0 Å². The summed E-state index contributed by atoms with van der Waals surface area (Å²) in [7, 11) is 0. The van der Waals surface area contributed by atoms with Crippen LogP contribution in [-0.4, -0.2) is 34.2 Å². The van der Waals surface area contributed by atoms with Gasteiger partial charge in [0.1, 0.15) is 12.4 Å². The van der Waals surface area contributed by atoms with Crippen LogP contribution in [0, 0.1) is 5.82 Å². The maximum atomic E-state index is 13.3. The number of hydrogen-bond acceptors (Lipinski definition) is 5. The second-order valence-corrected chi connectivity index (χ2v) is 7.34. The van der Waals surface area contributed by atoms with Crippen LogP contribution in [0.1, 0.15) is 31.2 Å². The third-order valence-corrected chi connectivity index (χ3v) is 5.16. The molecule has 3 amide bonds. The SMILES string of the molecule is O=C(CN1C(=O)c2ccccc2C1=O)Nc1ncc(Cc2cccc(F)c2)s1. The molecule has 0 aliphatic carbocycles. The number of amides is 3. The minimum absolute atomic E-state index is 0.298. The van der Waals surface area contributed by atoms with Crippen molar-refractivity contribution in [3.05, 3.63) is 82.1 Å². The van der Waals surface area contributed by atoms with E-state index in [4.69, 9.17) is 0 Å². The number of hydrogen-bond donors (Lipinski definition) is 1. The molecule has 6 nitrogen and oxygen atoms in total. The molecule has 1 aromatic heterocycles. The standard InChI is InChI=1S/C20H14FN3O3S/c21-13-5-3-4-12(8-13)9-14-10-22-20(28-14)23-17(25)11-24-18(26)15-6-1-2-7-16(15)19(24)27/h1-8,10H,9,11H2,(H,22,23,25). The fraction of sp³-hybridized carbons (Fsp3) is 0.100. The molecule has 2 heterocycles. The Labute approximate surface area is 163 Å². The number of carbonyl (C=O) groups is 3. The summed E-state index contributed by atoms with van der Waals surface area (Å²) >= 11 is 1.25. The molecule has 1 N–H and O–H groups in total. The van der Waals surface area contributed by atoms with Gasteiger partial charge in [0, 0.05) is 17.5 Å². The quantitative estimate of drug-likeness (QED) is 0.674. The highest BCUT2D eigenvalue weighted by atomic mass is 32.1. The zero-order valence-electron chi connectivity index (χ0n) is 14.5. The minimum Gasteiger partial charge on any atom is -0.300 e. The molecule has 0 unspecified atom stereocenters. The van der Waals surface area contributed by atoms with E-state index in [0.29, 0.717) is 22.7 Å². The van der Waals surface area contributed by atoms with E-state index in [1.807, 2.05) is 6.07 Å². The molecule has 0 fully saturated rings. The molecule has 1 aliphatic rings. The number of imide groups is 1. The largest absolute Gasteiger partial charge is 0.300 e. The summed E-state index contributed by atoms with van der Waals surface area (Å²) in [6.07, 6.45) is 2.09. The highest BCUT2D eigenvalue weighted by Gasteiger charge is 2.36. The van der Waals surface area contributed by atoms with Crippen molar-refractivity contribution in [3.63, 3.8) is 0 Å². The van der Waals surface area contributed by atoms with E-state index in [1.54, 1.807) is 36.5 Å². The highest BCUT2D eigenvalue weighted by Crippen LogP contribution is 2.24. The zero-order valence-corrected chi connectivity index (χ0v) is 15.3. The van der Waals surface area contributed by atoms with Crippen LogP contribution in [0.4, 0.5) is 9.52 Å². The van der Waals surface area contributed by atoms with Gasteiger partial charge < -0.3 is 5.32 Å². The van der Waals surface area contributed by atoms with E-state index in [0.717, 1.165) is 15.3 Å². The molecule has 0 spiro atoms. The topological polar surface area (TPSA) is 79.4 Å². The number of fused-ring (bicyclic) bond motifs is 1. The van der Waals surface area contributed by atoms with Crippen LogP contribution < -0.4 is 5.32 Å². The molecule has 0 bridgehead atoms. The maximum Gasteiger partial charge on any atom is 0.262 e. The molecule has 140 valence electrons. The van der Waals surface area contributed by atoms with Gasteiger partial charge in [-0.25, -0.2) is 9.37 Å². The average Bonchev–Trinajstić information content (AvgIpc) is 3.20. The van der Waals surface area contributed by atoms with Gasteiger partial charge in [-0.3, -0.25) is 19.3 Å². The molecule has 0 saturated heterocycles. The Bertz CT molecular complexity index is 1060. The second-order valence-electron chi connectivity index (χ2n) is 6.23. The van der Waals surface area contributed by atoms with Crippen molar-refractivity contribution < 1.29 is 18.8 Å². The third kappa shape index (κ3) is 3.54. The van der Waals surface area contributed by atoms with E-state index in [-0.39, 0.29) is 12.4 Å². The first-order valence-electron chi connectivity index (χ1n) is 8.45. The van der Waals surface area contributed by atoms with Crippen molar-refractivity contribution in [2.75, 3.05) is 11.9 Å². The Morgan fingerprint density at radius 1 is 1.07 bits per heavy atom. The average molecular weight is 395 g/mol. The Kier molecular flexibility index (Phi) is 4.70. The molecule has 8 heteroatoms. The van der Waals surface area contributed by atoms with Gasteiger partial charge in [-0.05, 0) is 29.8 Å². The second kappa shape index (κ2) is 7.32. The van der Waals surface area contributed by atoms with Gasteiger partial charge in [0.25, 0.3) is 11.8 Å². The number of aromatic nitrogens is 1. The van der Waals surface area contributed by atoms with Crippen LogP contribution >= 0.6 is 11.3 Å². The van der Waals surface area contributed by atoms with Crippen LogP contribution in [0.25, 0.3) is 0 Å². The van der Waals surface area contributed by atoms with Gasteiger partial charge in [0.2, 0.25) is 5.91 Å². The number of nitrogens with one attached hydrogen (secondary N) is 1. The Morgan fingerprint density at radius 3 is 2.46 bits per heavy atom. The number of benzene rings is 2. The van der Waals surface area contributed by atoms with Crippen LogP contribution in [0.5, 0.6) is 0 Å². The van der Waals surface area contributed by atoms with Crippen molar-refractivity contribution in [2.45, 2.75) is 6.42 Å². The predicted molar refractivity (Wildman–Crippen MR) is 102 cm³/mol. The molecular weight excluding hydrogens is 381 g/mol. The number of halogens is 1. The summed E-state index contributed by atoms with van der Waals surface area (Å²) in [6.45, 7) is -0.384. The number of carbonyl (C=O) groups excluding carboxylic acids is 3. The van der Waals surface area contributed by atoms with Crippen LogP contribution in [-0.2, 0) is 11.2 Å². The molecule has 4 rings (SSSR count). The van der Waals surface area contributed by atoms with E-state index in [2.05, 4.69) is 10.3 Å². The van der Waals surface area contributed by atoms with E-state index >= 15 is 0 Å². The first-order valence-corrected chi connectivity index (χ1v) is 9.27. The summed E-state index contributed by atoms with van der Waals surface area (Å²) in [4.78, 5) is 42.8. The van der Waals surface area contributed by atoms with E-state index in [9.17, 15) is 18.8 Å². The summed E-state index contributed by atoms with van der Waals surface area (Å²) in [5, 5.41) is 2.96. The summed E-state index contributed by atoms with van der Waals surface area (Å²) < 4.78 is 13.3. The van der Waals surface area contributed by atoms with Crippen LogP contribution in [0.15, 0.2) is 54.7 Å². The molecule has 0 saturated carbocycles. The molecule has 0 radical (unpaired) electrons. The Balaban J connectivity index is 1.39. The fourth-order valence-corrected chi connectivity index (χ4v) is 3.84. The molecule has 28 heavy (non-hydrogen) atoms. The number of thiazole rings is 1. The third-order valence-electron chi connectivity index (χ3n) is 4.25. The number of nitrogens with zero attached hydrogens (tertiary/aromatic N) is 2. The summed E-state index contributed by atoms with van der Waals surface area (Å²) in [5.41, 5.74) is 1.39. The van der Waals surface area contributed by atoms with E-state index < -0.39 is 17.7 Å². The lowest BCUT2D eigenvalue weighted by molar-refractivity contribution is -0.116. The van der Waals surface area contributed by atoms with Crippen molar-refractivity contribution in [1.82, 2.24) is 9.88 Å². The molecule has 0 atom stereocenters. The molecule has 3 aromatic rings. The zero-order chi connectivity index (χ0) is 19.7. The molecular formula is C20H14FN3O3S. The Morgan fingerprint density at radius 2 is 1.79 bits per heavy atom. The number of rotatable bonds is 5. The van der Waals surface area contributed by atoms with Gasteiger partial charge in [0.05, 0.1) is 11.1 Å². The van der Waals surface area contributed by atoms with Gasteiger partial charge in [-0.2, -0.15) is 0 Å². The van der Waals surface area contributed by atoms with Crippen molar-refractivity contribution >= 4 is 34.2 Å². The summed E-state index contributed by atoms with van der Waals surface area (Å²) in [5.74, 6) is -1.79. The minimum atomic E-state index is -0.513. The van der Waals surface area contributed by atoms with Gasteiger partial charge in [0.15, 0.2) is 5.13 Å². The fourth-order valence-electron chi connectivity index (χ4n) is 2.98. The van der Waals surface area contributed by atoms with Crippen molar-refractivity contribution in [2.24, 2.45) is 0 Å². The number of anilines is 1.